The Hall–Kier alpha value is -4.68. The van der Waals surface area contributed by atoms with Crippen LogP contribution in [0.1, 0.15) is 66.0 Å². The van der Waals surface area contributed by atoms with Crippen molar-refractivity contribution in [2.24, 2.45) is 0 Å². The summed E-state index contributed by atoms with van der Waals surface area (Å²) in [6.45, 7) is 10.9. The molecule has 1 aliphatic rings. The van der Waals surface area contributed by atoms with Crippen molar-refractivity contribution < 1.29 is 17.9 Å². The minimum atomic E-state index is -3.89. The molecule has 0 aliphatic carbocycles. The lowest BCUT2D eigenvalue weighted by atomic mass is 9.84. The molecule has 0 saturated heterocycles. The quantitative estimate of drug-likeness (QED) is 0.215. The summed E-state index contributed by atoms with van der Waals surface area (Å²) in [7, 11) is -3.89. The number of hydrogen-bond acceptors (Lipinski definition) is 8. The number of carbonyl (C=O) groups excluding carboxylic acids is 1. The van der Waals surface area contributed by atoms with Gasteiger partial charge in [-0.1, -0.05) is 36.4 Å². The number of benzene rings is 2. The van der Waals surface area contributed by atoms with Crippen molar-refractivity contribution >= 4 is 32.7 Å². The lowest BCUT2D eigenvalue weighted by molar-refractivity contribution is -0.116. The van der Waals surface area contributed by atoms with Gasteiger partial charge in [0.05, 0.1) is 23.9 Å². The van der Waals surface area contributed by atoms with Gasteiger partial charge in [-0.2, -0.15) is 4.31 Å². The Morgan fingerprint density at radius 3 is 2.66 bits per heavy atom. The van der Waals surface area contributed by atoms with Gasteiger partial charge >= 0.3 is 0 Å². The number of pyridine rings is 2. The van der Waals surface area contributed by atoms with Gasteiger partial charge in [-0.25, -0.2) is 18.1 Å². The summed E-state index contributed by atoms with van der Waals surface area (Å²) in [5.41, 5.74) is 7.89. The molecule has 4 heterocycles. The Labute approximate surface area is 275 Å². The van der Waals surface area contributed by atoms with E-state index in [1.807, 2.05) is 75.7 Å². The molecule has 0 bridgehead atoms. The molecule has 6 rings (SSSR count). The van der Waals surface area contributed by atoms with Gasteiger partial charge < -0.3 is 10.1 Å². The first-order valence-electron chi connectivity index (χ1n) is 15.8. The maximum Gasteiger partial charge on any atom is 0.248 e. The summed E-state index contributed by atoms with van der Waals surface area (Å²) in [4.78, 5) is 22.1. The number of aromatic nitrogens is 5. The summed E-state index contributed by atoms with van der Waals surface area (Å²) >= 11 is 0. The zero-order valence-electron chi connectivity index (χ0n) is 27.3. The van der Waals surface area contributed by atoms with Gasteiger partial charge in [-0.3, -0.25) is 9.78 Å². The molecule has 0 radical (unpaired) electrons. The van der Waals surface area contributed by atoms with Crippen LogP contribution in [0.3, 0.4) is 0 Å². The zero-order valence-corrected chi connectivity index (χ0v) is 28.1. The van der Waals surface area contributed by atoms with Gasteiger partial charge in [0.1, 0.15) is 16.5 Å². The molecule has 1 amide bonds. The first kappa shape index (κ1) is 32.3. The molecular formula is C35H39N7O4S. The van der Waals surface area contributed by atoms with Crippen molar-refractivity contribution in [3.63, 3.8) is 0 Å². The third-order valence-electron chi connectivity index (χ3n) is 8.98. The maximum atomic E-state index is 13.9. The van der Waals surface area contributed by atoms with Crippen LogP contribution in [0, 0.1) is 20.8 Å². The summed E-state index contributed by atoms with van der Waals surface area (Å²) in [6, 6.07) is 15.1. The molecule has 47 heavy (non-hydrogen) atoms. The van der Waals surface area contributed by atoms with Crippen LogP contribution in [0.15, 0.2) is 72.0 Å². The number of rotatable bonds is 9. The third kappa shape index (κ3) is 6.35. The molecule has 1 N–H and O–H groups in total. The summed E-state index contributed by atoms with van der Waals surface area (Å²) in [5, 5.41) is 11.8. The molecule has 0 fully saturated rings. The molecule has 1 unspecified atom stereocenters. The third-order valence-corrected chi connectivity index (χ3v) is 10.8. The minimum Gasteiger partial charge on any atom is -0.472 e. The van der Waals surface area contributed by atoms with E-state index >= 15 is 0 Å². The second-order valence-electron chi connectivity index (χ2n) is 12.0. The normalized spacial score (nSPS) is 16.7. The van der Waals surface area contributed by atoms with E-state index in [2.05, 4.69) is 25.6 Å². The van der Waals surface area contributed by atoms with Gasteiger partial charge in [0.2, 0.25) is 21.8 Å². The average molecular weight is 654 g/mol. The predicted octanol–water partition coefficient (Wildman–Crippen LogP) is 5.69. The molecule has 244 valence electrons. The topological polar surface area (TPSA) is 132 Å². The molecule has 12 heteroatoms. The maximum absolute atomic E-state index is 13.9. The predicted molar refractivity (Wildman–Crippen MR) is 180 cm³/mol. The number of carbonyl (C=O) groups is 1. The fourth-order valence-electron chi connectivity index (χ4n) is 6.13. The summed E-state index contributed by atoms with van der Waals surface area (Å²) in [5.74, 6) is -0.375. The molecule has 5 aromatic rings. The monoisotopic (exact) mass is 653 g/mol. The first-order chi connectivity index (χ1) is 22.6. The van der Waals surface area contributed by atoms with Crippen LogP contribution in [0.4, 0.5) is 5.69 Å². The number of nitrogens with zero attached hydrogens (tertiary/aromatic N) is 6. The largest absolute Gasteiger partial charge is 0.472 e. The lowest BCUT2D eigenvalue weighted by Crippen LogP contribution is -2.36. The van der Waals surface area contributed by atoms with E-state index in [-0.39, 0.29) is 48.2 Å². The zero-order chi connectivity index (χ0) is 33.3. The second kappa shape index (κ2) is 13.2. The van der Waals surface area contributed by atoms with E-state index in [9.17, 15) is 13.2 Å². The number of sulfonamides is 1. The van der Waals surface area contributed by atoms with Gasteiger partial charge in [0, 0.05) is 37.8 Å². The SMILES string of the molecule is CC[C@@H]1CN(Cc2cc(C(CC(=O)Nc3cnccc3C)c3ccc4c(nnn4CC)c3C)ccc2C)S(=O)(=O)c2cccnc2O1. The van der Waals surface area contributed by atoms with Crippen molar-refractivity contribution in [2.45, 2.75) is 77.5 Å². The molecule has 11 nitrogen and oxygen atoms in total. The number of fused-ring (bicyclic) bond motifs is 2. The smallest absolute Gasteiger partial charge is 0.248 e. The molecular weight excluding hydrogens is 614 g/mol. The van der Waals surface area contributed by atoms with Gasteiger partial charge in [-0.15, -0.1) is 5.10 Å². The molecule has 1 aliphatic heterocycles. The Balaban J connectivity index is 1.40. The fourth-order valence-corrected chi connectivity index (χ4v) is 7.66. The van der Waals surface area contributed by atoms with Gasteiger partial charge in [0.15, 0.2) is 0 Å². The fraction of sp³-hybridized carbons (Fsp3) is 0.343. The van der Waals surface area contributed by atoms with E-state index in [4.69, 9.17) is 4.74 Å². The average Bonchev–Trinajstić information content (AvgIpc) is 3.45. The Morgan fingerprint density at radius 2 is 1.89 bits per heavy atom. The van der Waals surface area contributed by atoms with Crippen molar-refractivity contribution in [1.82, 2.24) is 29.3 Å². The minimum absolute atomic E-state index is 0.0639. The molecule has 0 saturated carbocycles. The number of ether oxygens (including phenoxy) is 1. The standard InChI is InChI=1S/C35H39N7O4S/c1-6-27-21-41(47(44,45)32-9-8-15-37-35(32)46-27)20-26-17-25(11-10-22(26)3)29(18-33(43)38-30-19-36-16-14-23(30)4)28-12-13-31-34(24(28)5)39-40-42(31)7-2/h8-17,19,27,29H,6-7,18,20-21H2,1-5H3,(H,38,43)/t27-,29?/m1/s1. The molecule has 3 aromatic heterocycles. The number of hydrogen-bond donors (Lipinski definition) is 1. The van der Waals surface area contributed by atoms with E-state index in [1.54, 1.807) is 24.7 Å². The van der Waals surface area contributed by atoms with Crippen LogP contribution in [-0.4, -0.2) is 56.2 Å². The molecule has 0 spiro atoms. The lowest BCUT2D eigenvalue weighted by Gasteiger charge is -2.25. The van der Waals surface area contributed by atoms with Gasteiger partial charge in [-0.05, 0) is 91.8 Å². The second-order valence-corrected chi connectivity index (χ2v) is 13.9. The highest BCUT2D eigenvalue weighted by molar-refractivity contribution is 7.89. The number of aryl methyl sites for hydroxylation is 4. The highest BCUT2D eigenvalue weighted by atomic mass is 32.2. The van der Waals surface area contributed by atoms with Crippen LogP contribution >= 0.6 is 0 Å². The Morgan fingerprint density at radius 1 is 1.06 bits per heavy atom. The summed E-state index contributed by atoms with van der Waals surface area (Å²) < 4.78 is 37.2. The van der Waals surface area contributed by atoms with E-state index in [1.165, 1.54) is 10.4 Å². The summed E-state index contributed by atoms with van der Waals surface area (Å²) in [6.07, 6.45) is 5.31. The Kier molecular flexibility index (Phi) is 9.07. The number of amides is 1. The van der Waals surface area contributed by atoms with Crippen LogP contribution in [-0.2, 0) is 27.9 Å². The first-order valence-corrected chi connectivity index (χ1v) is 17.3. The Bertz CT molecular complexity index is 2060. The highest BCUT2D eigenvalue weighted by Gasteiger charge is 2.35. The van der Waals surface area contributed by atoms with Crippen LogP contribution < -0.4 is 10.1 Å². The number of anilines is 1. The highest BCUT2D eigenvalue weighted by Crippen LogP contribution is 2.36. The van der Waals surface area contributed by atoms with Crippen LogP contribution in [0.2, 0.25) is 0 Å². The van der Waals surface area contributed by atoms with Crippen molar-refractivity contribution in [3.05, 3.63) is 101 Å². The van der Waals surface area contributed by atoms with E-state index in [0.717, 1.165) is 44.4 Å². The van der Waals surface area contributed by atoms with E-state index in [0.29, 0.717) is 18.7 Å². The van der Waals surface area contributed by atoms with Crippen LogP contribution in [0.25, 0.3) is 11.0 Å². The van der Waals surface area contributed by atoms with Gasteiger partial charge in [0.25, 0.3) is 0 Å². The van der Waals surface area contributed by atoms with Crippen molar-refractivity contribution in [1.29, 1.82) is 0 Å². The van der Waals surface area contributed by atoms with Crippen molar-refractivity contribution in [2.75, 3.05) is 11.9 Å². The van der Waals surface area contributed by atoms with Crippen LogP contribution in [0.5, 0.6) is 5.88 Å². The molecule has 2 atom stereocenters. The molecule has 2 aromatic carbocycles. The van der Waals surface area contributed by atoms with E-state index < -0.39 is 10.0 Å². The van der Waals surface area contributed by atoms with Crippen molar-refractivity contribution in [3.8, 4) is 5.88 Å². The number of nitrogens with one attached hydrogen (secondary N) is 1.